The molecule has 88 valence electrons. The Morgan fingerprint density at radius 1 is 1.59 bits per heavy atom. The number of carboxylic acids is 1. The molecule has 1 amide bonds. The monoisotopic (exact) mass is 234 g/mol. The number of fused-ring (bicyclic) bond motifs is 1. The van der Waals surface area contributed by atoms with Crippen LogP contribution in [0.25, 0.3) is 0 Å². The van der Waals surface area contributed by atoms with Crippen LogP contribution in [0, 0.1) is 5.41 Å². The molecule has 0 spiro atoms. The summed E-state index contributed by atoms with van der Waals surface area (Å²) in [5, 5.41) is 11.7. The molecule has 0 bridgehead atoms. The average Bonchev–Trinajstić information content (AvgIpc) is 3.09. The molecule has 1 unspecified atom stereocenters. The van der Waals surface area contributed by atoms with E-state index in [2.05, 4.69) is 10.3 Å². The Morgan fingerprint density at radius 3 is 3.00 bits per heavy atom. The Kier molecular flexibility index (Phi) is 1.89. The minimum atomic E-state index is -1.06. The molecule has 2 aliphatic rings. The molecule has 0 aromatic carbocycles. The van der Waals surface area contributed by atoms with Crippen molar-refractivity contribution in [1.82, 2.24) is 4.98 Å². The maximum Gasteiger partial charge on any atom is 0.313 e. The molecule has 1 aliphatic carbocycles. The number of carbonyl (C=O) groups excluding carboxylic acids is 1. The van der Waals surface area contributed by atoms with Gasteiger partial charge >= 0.3 is 5.97 Å². The van der Waals surface area contributed by atoms with Gasteiger partial charge in [-0.1, -0.05) is 0 Å². The van der Waals surface area contributed by atoms with Crippen molar-refractivity contribution < 1.29 is 19.4 Å². The highest BCUT2D eigenvalue weighted by Gasteiger charge is 2.61. The quantitative estimate of drug-likeness (QED) is 0.784. The number of hydrogen-bond acceptors (Lipinski definition) is 4. The number of anilines is 1. The first-order valence-corrected chi connectivity index (χ1v) is 5.29. The first-order chi connectivity index (χ1) is 8.13. The van der Waals surface area contributed by atoms with Crippen molar-refractivity contribution in [3.63, 3.8) is 0 Å². The van der Waals surface area contributed by atoms with Crippen molar-refractivity contribution in [2.75, 3.05) is 5.32 Å². The van der Waals surface area contributed by atoms with E-state index in [9.17, 15) is 9.59 Å². The summed E-state index contributed by atoms with van der Waals surface area (Å²) in [6, 6.07) is 3.33. The van der Waals surface area contributed by atoms with Crippen LogP contribution < -0.4 is 10.1 Å². The molecule has 1 atom stereocenters. The maximum atomic E-state index is 11.8. The van der Waals surface area contributed by atoms with Crippen LogP contribution in [0.5, 0.6) is 5.75 Å². The number of aliphatic carboxylic acids is 1. The molecule has 1 aromatic heterocycles. The number of rotatable bonds is 2. The van der Waals surface area contributed by atoms with Crippen LogP contribution in [0.4, 0.5) is 5.82 Å². The van der Waals surface area contributed by atoms with Gasteiger partial charge < -0.3 is 15.2 Å². The Morgan fingerprint density at radius 2 is 2.35 bits per heavy atom. The Hall–Kier alpha value is -2.11. The molecule has 3 rings (SSSR count). The molecular weight excluding hydrogens is 224 g/mol. The van der Waals surface area contributed by atoms with Gasteiger partial charge in [0.05, 0.1) is 0 Å². The summed E-state index contributed by atoms with van der Waals surface area (Å²) in [7, 11) is 0. The number of carbonyl (C=O) groups is 2. The number of nitrogens with one attached hydrogen (secondary N) is 1. The third kappa shape index (κ3) is 1.37. The van der Waals surface area contributed by atoms with Crippen LogP contribution in [0.2, 0.25) is 0 Å². The lowest BCUT2D eigenvalue weighted by molar-refractivity contribution is -0.151. The van der Waals surface area contributed by atoms with Gasteiger partial charge in [-0.05, 0) is 25.0 Å². The summed E-state index contributed by atoms with van der Waals surface area (Å²) in [4.78, 5) is 26.9. The van der Waals surface area contributed by atoms with Gasteiger partial charge in [-0.25, -0.2) is 4.98 Å². The fourth-order valence-electron chi connectivity index (χ4n) is 2.03. The number of nitrogens with zero attached hydrogens (tertiary/aromatic N) is 1. The Balaban J connectivity index is 1.95. The fraction of sp³-hybridized carbons (Fsp3) is 0.364. The SMILES string of the molecule is O=C1Nc2ncccc2OC1C1(C(=O)O)CC1. The predicted octanol–water partition coefficient (Wildman–Crippen LogP) is 0.646. The van der Waals surface area contributed by atoms with Gasteiger partial charge in [0.15, 0.2) is 17.7 Å². The molecule has 1 aliphatic heterocycles. The second-order valence-corrected chi connectivity index (χ2v) is 4.30. The number of amides is 1. The summed E-state index contributed by atoms with van der Waals surface area (Å²) in [6.07, 6.45) is 1.51. The molecule has 2 N–H and O–H groups in total. The third-order valence-corrected chi connectivity index (χ3v) is 3.21. The minimum Gasteiger partial charge on any atom is -0.481 e. The van der Waals surface area contributed by atoms with Crippen LogP contribution >= 0.6 is 0 Å². The molecule has 6 heteroatoms. The molecule has 1 aromatic rings. The molecule has 1 fully saturated rings. The number of pyridine rings is 1. The number of hydrogen-bond donors (Lipinski definition) is 2. The Labute approximate surface area is 96.6 Å². The maximum absolute atomic E-state index is 11.8. The van der Waals surface area contributed by atoms with Gasteiger partial charge in [-0.3, -0.25) is 9.59 Å². The van der Waals surface area contributed by atoms with Crippen molar-refractivity contribution >= 4 is 17.7 Å². The van der Waals surface area contributed by atoms with Crippen molar-refractivity contribution in [1.29, 1.82) is 0 Å². The van der Waals surface area contributed by atoms with Crippen LogP contribution in [0.1, 0.15) is 12.8 Å². The summed E-state index contributed by atoms with van der Waals surface area (Å²) in [6.45, 7) is 0. The largest absolute Gasteiger partial charge is 0.481 e. The zero-order valence-corrected chi connectivity index (χ0v) is 8.84. The molecule has 1 saturated carbocycles. The molecule has 2 heterocycles. The molecular formula is C11H10N2O4. The van der Waals surface area contributed by atoms with E-state index in [4.69, 9.17) is 9.84 Å². The van der Waals surface area contributed by atoms with E-state index in [0.717, 1.165) is 0 Å². The lowest BCUT2D eigenvalue weighted by atomic mass is 9.97. The average molecular weight is 234 g/mol. The van der Waals surface area contributed by atoms with Gasteiger partial charge in [0.2, 0.25) is 0 Å². The zero-order valence-electron chi connectivity index (χ0n) is 8.84. The molecule has 17 heavy (non-hydrogen) atoms. The zero-order chi connectivity index (χ0) is 12.0. The fourth-order valence-corrected chi connectivity index (χ4v) is 2.03. The highest BCUT2D eigenvalue weighted by atomic mass is 16.5. The number of carboxylic acid groups (broad SMARTS) is 1. The second-order valence-electron chi connectivity index (χ2n) is 4.30. The van der Waals surface area contributed by atoms with Gasteiger partial charge in [-0.15, -0.1) is 0 Å². The summed E-state index contributed by atoms with van der Waals surface area (Å²) in [5.41, 5.74) is -1.06. The van der Waals surface area contributed by atoms with Crippen molar-refractivity contribution in [3.05, 3.63) is 18.3 Å². The number of ether oxygens (including phenoxy) is 1. The van der Waals surface area contributed by atoms with E-state index in [1.807, 2.05) is 0 Å². The van der Waals surface area contributed by atoms with E-state index in [-0.39, 0.29) is 0 Å². The number of aromatic nitrogens is 1. The predicted molar refractivity (Wildman–Crippen MR) is 56.6 cm³/mol. The van der Waals surface area contributed by atoms with Crippen LogP contribution in [0.15, 0.2) is 18.3 Å². The normalized spacial score (nSPS) is 24.2. The van der Waals surface area contributed by atoms with Crippen molar-refractivity contribution in [3.8, 4) is 5.75 Å². The van der Waals surface area contributed by atoms with Gasteiger partial charge in [0, 0.05) is 6.20 Å². The van der Waals surface area contributed by atoms with Crippen LogP contribution in [0.3, 0.4) is 0 Å². The van der Waals surface area contributed by atoms with Gasteiger partial charge in [0.25, 0.3) is 5.91 Å². The smallest absolute Gasteiger partial charge is 0.313 e. The Bertz CT molecular complexity index is 510. The van der Waals surface area contributed by atoms with Crippen molar-refractivity contribution in [2.24, 2.45) is 5.41 Å². The standard InChI is InChI=1S/C11H10N2O4/c14-9-7(11(3-4-11)10(15)16)17-6-2-1-5-12-8(6)13-9/h1-2,5,7H,3-4H2,(H,15,16)(H,12,13,14). The highest BCUT2D eigenvalue weighted by Crippen LogP contribution is 2.51. The lowest BCUT2D eigenvalue weighted by Crippen LogP contribution is -2.47. The van der Waals surface area contributed by atoms with E-state index >= 15 is 0 Å². The first kappa shape index (κ1) is 10.1. The third-order valence-electron chi connectivity index (χ3n) is 3.21. The summed E-state index contributed by atoms with van der Waals surface area (Å²) >= 11 is 0. The molecule has 0 saturated heterocycles. The highest BCUT2D eigenvalue weighted by molar-refractivity contribution is 6.01. The first-order valence-electron chi connectivity index (χ1n) is 5.29. The van der Waals surface area contributed by atoms with E-state index < -0.39 is 23.4 Å². The second kappa shape index (κ2) is 3.19. The van der Waals surface area contributed by atoms with Gasteiger partial charge in [0.1, 0.15) is 5.41 Å². The summed E-state index contributed by atoms with van der Waals surface area (Å²) in [5.74, 6) is -0.652. The topological polar surface area (TPSA) is 88.5 Å². The minimum absolute atomic E-state index is 0.343. The lowest BCUT2D eigenvalue weighted by Gasteiger charge is -2.28. The van der Waals surface area contributed by atoms with Gasteiger partial charge in [-0.2, -0.15) is 0 Å². The van der Waals surface area contributed by atoms with Crippen LogP contribution in [-0.4, -0.2) is 28.1 Å². The molecule has 0 radical (unpaired) electrons. The van der Waals surface area contributed by atoms with E-state index in [1.165, 1.54) is 6.20 Å². The van der Waals surface area contributed by atoms with Crippen molar-refractivity contribution in [2.45, 2.75) is 18.9 Å². The van der Waals surface area contributed by atoms with E-state index in [1.54, 1.807) is 12.1 Å². The van der Waals surface area contributed by atoms with Crippen LogP contribution in [-0.2, 0) is 9.59 Å². The summed E-state index contributed by atoms with van der Waals surface area (Å²) < 4.78 is 5.48. The van der Waals surface area contributed by atoms with E-state index in [0.29, 0.717) is 24.4 Å². The molecule has 6 nitrogen and oxygen atoms in total.